The van der Waals surface area contributed by atoms with Crippen LogP contribution in [0.5, 0.6) is 0 Å². The van der Waals surface area contributed by atoms with Crippen LogP contribution in [0, 0.1) is 0 Å². The van der Waals surface area contributed by atoms with Crippen LogP contribution < -0.4 is 11.1 Å². The number of primary amides is 1. The number of hydrogen-bond donors (Lipinski definition) is 3. The molecule has 0 spiro atoms. The summed E-state index contributed by atoms with van der Waals surface area (Å²) in [7, 11) is 0. The molecule has 7 nitrogen and oxygen atoms in total. The molecule has 1 aliphatic rings. The highest BCUT2D eigenvalue weighted by Crippen LogP contribution is 2.41. The van der Waals surface area contributed by atoms with Gasteiger partial charge in [0, 0.05) is 40.4 Å². The predicted octanol–water partition coefficient (Wildman–Crippen LogP) is 4.23. The van der Waals surface area contributed by atoms with Crippen molar-refractivity contribution in [1.82, 2.24) is 9.97 Å². The van der Waals surface area contributed by atoms with Crippen LogP contribution >= 0.6 is 34.5 Å². The average Bonchev–Trinajstić information content (AvgIpc) is 3.38. The molecule has 3 aromatic rings. The van der Waals surface area contributed by atoms with Crippen molar-refractivity contribution in [1.29, 1.82) is 0 Å². The quantitative estimate of drug-likeness (QED) is 0.524. The molecule has 3 heterocycles. The van der Waals surface area contributed by atoms with E-state index < -0.39 is 11.3 Å². The van der Waals surface area contributed by atoms with Crippen LogP contribution in [-0.4, -0.2) is 35.0 Å². The summed E-state index contributed by atoms with van der Waals surface area (Å²) in [6.07, 6.45) is 2.64. The van der Waals surface area contributed by atoms with E-state index in [1.165, 1.54) is 11.3 Å². The summed E-state index contributed by atoms with van der Waals surface area (Å²) in [5.74, 6) is -0.742. The number of carbonyl (C=O) groups excluding carboxylic acids is 2. The van der Waals surface area contributed by atoms with Crippen LogP contribution in [0.25, 0.3) is 11.3 Å². The molecule has 1 saturated heterocycles. The fourth-order valence-corrected chi connectivity index (χ4v) is 4.89. The second kappa shape index (κ2) is 8.39. The lowest BCUT2D eigenvalue weighted by atomic mass is 9.73. The Morgan fingerprint density at radius 1 is 1.23 bits per heavy atom. The zero-order valence-electron chi connectivity index (χ0n) is 15.7. The largest absolute Gasteiger partial charge is 0.381 e. The van der Waals surface area contributed by atoms with Gasteiger partial charge in [0.05, 0.1) is 11.1 Å². The number of anilines is 1. The minimum absolute atomic E-state index is 0.192. The maximum absolute atomic E-state index is 13.4. The fourth-order valence-electron chi connectivity index (χ4n) is 3.58. The van der Waals surface area contributed by atoms with Crippen molar-refractivity contribution in [3.05, 3.63) is 57.1 Å². The zero-order valence-corrected chi connectivity index (χ0v) is 18.0. The average molecular weight is 465 g/mol. The Bertz CT molecular complexity index is 1110. The lowest BCUT2D eigenvalue weighted by molar-refractivity contribution is -0.125. The predicted molar refractivity (Wildman–Crippen MR) is 117 cm³/mol. The normalized spacial score (nSPS) is 15.7. The summed E-state index contributed by atoms with van der Waals surface area (Å²) in [6.45, 7) is 0.906. The number of aromatic amines is 1. The summed E-state index contributed by atoms with van der Waals surface area (Å²) < 4.78 is 5.49. The van der Waals surface area contributed by atoms with Crippen molar-refractivity contribution in [3.63, 3.8) is 0 Å². The van der Waals surface area contributed by atoms with E-state index in [2.05, 4.69) is 15.3 Å². The van der Waals surface area contributed by atoms with E-state index in [1.54, 1.807) is 35.8 Å². The summed E-state index contributed by atoms with van der Waals surface area (Å²) in [4.78, 5) is 32.0. The summed E-state index contributed by atoms with van der Waals surface area (Å²) >= 11 is 13.8. The van der Waals surface area contributed by atoms with Crippen LogP contribution in [-0.2, 0) is 14.9 Å². The van der Waals surface area contributed by atoms with E-state index in [-0.39, 0.29) is 5.91 Å². The Balaban J connectivity index is 1.60. The van der Waals surface area contributed by atoms with E-state index in [9.17, 15) is 9.59 Å². The number of nitrogens with zero attached hydrogens (tertiary/aromatic N) is 1. The lowest BCUT2D eigenvalue weighted by Crippen LogP contribution is -2.45. The van der Waals surface area contributed by atoms with Gasteiger partial charge in [0.2, 0.25) is 5.91 Å². The monoisotopic (exact) mass is 464 g/mol. The molecule has 0 radical (unpaired) electrons. The van der Waals surface area contributed by atoms with Gasteiger partial charge in [0.15, 0.2) is 5.13 Å². The minimum atomic E-state index is -0.834. The van der Waals surface area contributed by atoms with Gasteiger partial charge in [0.1, 0.15) is 5.69 Å². The fraction of sp³-hybridized carbons (Fsp3) is 0.250. The Morgan fingerprint density at radius 2 is 2.00 bits per heavy atom. The molecule has 1 fully saturated rings. The number of H-pyrrole nitrogens is 1. The van der Waals surface area contributed by atoms with Gasteiger partial charge in [-0.2, -0.15) is 0 Å². The topological polar surface area (TPSA) is 110 Å². The smallest absolute Gasteiger partial charge is 0.265 e. The van der Waals surface area contributed by atoms with E-state index in [0.29, 0.717) is 58.2 Å². The van der Waals surface area contributed by atoms with Crippen molar-refractivity contribution in [2.45, 2.75) is 18.3 Å². The molecule has 30 heavy (non-hydrogen) atoms. The van der Waals surface area contributed by atoms with Crippen LogP contribution in [0.15, 0.2) is 35.8 Å². The summed E-state index contributed by atoms with van der Waals surface area (Å²) in [5.41, 5.74) is 6.80. The van der Waals surface area contributed by atoms with Gasteiger partial charge in [-0.25, -0.2) is 4.98 Å². The second-order valence-electron chi connectivity index (χ2n) is 6.98. The number of aromatic nitrogens is 2. The van der Waals surface area contributed by atoms with Crippen LogP contribution in [0.3, 0.4) is 0 Å². The van der Waals surface area contributed by atoms with Crippen molar-refractivity contribution >= 4 is 51.5 Å². The number of thiazole rings is 1. The number of nitrogens with two attached hydrogens (primary N) is 1. The van der Waals surface area contributed by atoms with Crippen LogP contribution in [0.2, 0.25) is 10.0 Å². The van der Waals surface area contributed by atoms with E-state index in [4.69, 9.17) is 33.7 Å². The number of amides is 2. The second-order valence-corrected chi connectivity index (χ2v) is 8.68. The molecule has 0 unspecified atom stereocenters. The highest BCUT2D eigenvalue weighted by atomic mass is 35.5. The van der Waals surface area contributed by atoms with Crippen molar-refractivity contribution in [2.75, 3.05) is 18.5 Å². The number of rotatable bonds is 5. The highest BCUT2D eigenvalue weighted by Gasteiger charge is 2.43. The SMILES string of the molecule is NC(=O)c1cc(-c2csc(NC(=O)C3(c4ccc(Cl)cc4Cl)CCOCC3)n2)c[nH]1. The van der Waals surface area contributed by atoms with Crippen molar-refractivity contribution in [3.8, 4) is 11.3 Å². The Hall–Kier alpha value is -2.39. The third-order valence-corrected chi connectivity index (χ3v) is 6.50. The molecule has 4 rings (SSSR count). The maximum Gasteiger partial charge on any atom is 0.265 e. The van der Waals surface area contributed by atoms with E-state index in [0.717, 1.165) is 5.56 Å². The van der Waals surface area contributed by atoms with E-state index in [1.807, 2.05) is 0 Å². The Labute approximate surface area is 186 Å². The van der Waals surface area contributed by atoms with Gasteiger partial charge in [-0.3, -0.25) is 9.59 Å². The van der Waals surface area contributed by atoms with Gasteiger partial charge in [-0.05, 0) is 36.6 Å². The summed E-state index contributed by atoms with van der Waals surface area (Å²) in [5, 5.41) is 6.15. The molecule has 1 aromatic carbocycles. The first-order valence-corrected chi connectivity index (χ1v) is 10.8. The van der Waals surface area contributed by atoms with E-state index >= 15 is 0 Å². The number of ether oxygens (including phenoxy) is 1. The minimum Gasteiger partial charge on any atom is -0.381 e. The first-order chi connectivity index (χ1) is 14.4. The standard InChI is InChI=1S/C20H18Cl2N4O3S/c21-12-1-2-13(14(22)8-12)20(3-5-29-6-4-20)18(28)26-19-25-16(10-30-19)11-7-15(17(23)27)24-9-11/h1-2,7-10,24H,3-6H2,(H2,23,27)(H,25,26,28). The molecule has 0 atom stereocenters. The van der Waals surface area contributed by atoms with Crippen LogP contribution in [0.4, 0.5) is 5.13 Å². The third kappa shape index (κ3) is 3.96. The van der Waals surface area contributed by atoms with Gasteiger partial charge in [-0.1, -0.05) is 29.3 Å². The van der Waals surface area contributed by atoms with Gasteiger partial charge < -0.3 is 20.8 Å². The maximum atomic E-state index is 13.4. The first kappa shape index (κ1) is 20.9. The molecule has 0 aliphatic carbocycles. The van der Waals surface area contributed by atoms with Gasteiger partial charge in [0.25, 0.3) is 5.91 Å². The number of benzene rings is 1. The molecular weight excluding hydrogens is 447 g/mol. The number of hydrogen-bond acceptors (Lipinski definition) is 5. The lowest BCUT2D eigenvalue weighted by Gasteiger charge is -2.36. The molecule has 1 aliphatic heterocycles. The molecule has 0 bridgehead atoms. The molecule has 2 amide bonds. The molecule has 0 saturated carbocycles. The molecule has 2 aromatic heterocycles. The van der Waals surface area contributed by atoms with Crippen molar-refractivity contribution in [2.24, 2.45) is 5.73 Å². The number of nitrogens with one attached hydrogen (secondary N) is 2. The third-order valence-electron chi connectivity index (χ3n) is 5.20. The van der Waals surface area contributed by atoms with Crippen molar-refractivity contribution < 1.29 is 14.3 Å². The number of halogens is 2. The highest BCUT2D eigenvalue weighted by molar-refractivity contribution is 7.14. The van der Waals surface area contributed by atoms with Crippen LogP contribution in [0.1, 0.15) is 28.9 Å². The molecule has 156 valence electrons. The first-order valence-electron chi connectivity index (χ1n) is 9.18. The Kier molecular flexibility index (Phi) is 5.84. The summed E-state index contributed by atoms with van der Waals surface area (Å²) in [6, 6.07) is 6.80. The number of carbonyl (C=O) groups is 2. The Morgan fingerprint density at radius 3 is 2.67 bits per heavy atom. The van der Waals surface area contributed by atoms with Gasteiger partial charge >= 0.3 is 0 Å². The van der Waals surface area contributed by atoms with Gasteiger partial charge in [-0.15, -0.1) is 11.3 Å². The zero-order chi connectivity index (χ0) is 21.3. The molecule has 10 heteroatoms. The molecular formula is C20H18Cl2N4O3S. The molecule has 4 N–H and O–H groups in total.